The van der Waals surface area contributed by atoms with E-state index in [4.69, 9.17) is 4.42 Å². The molecule has 0 saturated carbocycles. The lowest BCUT2D eigenvalue weighted by atomic mass is 10.00. The van der Waals surface area contributed by atoms with Gasteiger partial charge in [-0.05, 0) is 25.8 Å². The summed E-state index contributed by atoms with van der Waals surface area (Å²) < 4.78 is 5.44. The normalized spacial score (nSPS) is 23.3. The van der Waals surface area contributed by atoms with Gasteiger partial charge >= 0.3 is 0 Å². The molecule has 0 bridgehead atoms. The Morgan fingerprint density at radius 2 is 2.62 bits per heavy atom. The van der Waals surface area contributed by atoms with Gasteiger partial charge in [-0.25, -0.2) is 4.98 Å². The SMILES string of the molecule is CCc1coc(C2CCCNC2)n1. The van der Waals surface area contributed by atoms with Crippen molar-refractivity contribution in [3.05, 3.63) is 17.8 Å². The Morgan fingerprint density at radius 1 is 1.69 bits per heavy atom. The van der Waals surface area contributed by atoms with Gasteiger partial charge in [0, 0.05) is 12.5 Å². The van der Waals surface area contributed by atoms with Gasteiger partial charge in [0.2, 0.25) is 0 Å². The molecule has 1 atom stereocenters. The maximum absolute atomic E-state index is 5.44. The highest BCUT2D eigenvalue weighted by Gasteiger charge is 2.19. The molecule has 2 heterocycles. The van der Waals surface area contributed by atoms with Gasteiger partial charge in [0.05, 0.1) is 5.69 Å². The number of aryl methyl sites for hydroxylation is 1. The van der Waals surface area contributed by atoms with E-state index >= 15 is 0 Å². The molecule has 0 spiro atoms. The van der Waals surface area contributed by atoms with Crippen LogP contribution in [0.2, 0.25) is 0 Å². The Bertz CT molecular complexity index is 264. The van der Waals surface area contributed by atoms with Crippen LogP contribution in [0.3, 0.4) is 0 Å². The fraction of sp³-hybridized carbons (Fsp3) is 0.700. The molecule has 3 nitrogen and oxygen atoms in total. The number of rotatable bonds is 2. The molecule has 1 N–H and O–H groups in total. The first-order valence-corrected chi connectivity index (χ1v) is 5.05. The number of oxazole rings is 1. The van der Waals surface area contributed by atoms with Crippen molar-refractivity contribution >= 4 is 0 Å². The summed E-state index contributed by atoms with van der Waals surface area (Å²) in [6.07, 6.45) is 5.18. The highest BCUT2D eigenvalue weighted by atomic mass is 16.3. The third-order valence-electron chi connectivity index (χ3n) is 2.58. The van der Waals surface area contributed by atoms with E-state index in [9.17, 15) is 0 Å². The van der Waals surface area contributed by atoms with Crippen molar-refractivity contribution in [3.8, 4) is 0 Å². The van der Waals surface area contributed by atoms with Crippen LogP contribution >= 0.6 is 0 Å². The van der Waals surface area contributed by atoms with Crippen molar-refractivity contribution in [2.24, 2.45) is 0 Å². The first kappa shape index (κ1) is 8.75. The summed E-state index contributed by atoms with van der Waals surface area (Å²) in [4.78, 5) is 4.45. The van der Waals surface area contributed by atoms with E-state index < -0.39 is 0 Å². The predicted octanol–water partition coefficient (Wildman–Crippen LogP) is 1.70. The van der Waals surface area contributed by atoms with Gasteiger partial charge in [-0.3, -0.25) is 0 Å². The maximum Gasteiger partial charge on any atom is 0.198 e. The van der Waals surface area contributed by atoms with Gasteiger partial charge in [0.25, 0.3) is 0 Å². The zero-order valence-corrected chi connectivity index (χ0v) is 8.05. The van der Waals surface area contributed by atoms with Crippen LogP contribution in [-0.2, 0) is 6.42 Å². The third-order valence-corrected chi connectivity index (χ3v) is 2.58. The summed E-state index contributed by atoms with van der Waals surface area (Å²) in [5.41, 5.74) is 1.07. The molecule has 1 saturated heterocycles. The molecule has 3 heteroatoms. The number of nitrogens with one attached hydrogen (secondary N) is 1. The van der Waals surface area contributed by atoms with Crippen molar-refractivity contribution in [1.82, 2.24) is 10.3 Å². The summed E-state index contributed by atoms with van der Waals surface area (Å²) >= 11 is 0. The zero-order chi connectivity index (χ0) is 9.10. The lowest BCUT2D eigenvalue weighted by Crippen LogP contribution is -2.28. The van der Waals surface area contributed by atoms with Crippen molar-refractivity contribution in [1.29, 1.82) is 0 Å². The van der Waals surface area contributed by atoms with Crippen LogP contribution in [0.5, 0.6) is 0 Å². The van der Waals surface area contributed by atoms with Crippen LogP contribution in [0.25, 0.3) is 0 Å². The summed E-state index contributed by atoms with van der Waals surface area (Å²) in [6.45, 7) is 4.25. The highest BCUT2D eigenvalue weighted by Crippen LogP contribution is 2.22. The first-order chi connectivity index (χ1) is 6.40. The minimum absolute atomic E-state index is 0.494. The summed E-state index contributed by atoms with van der Waals surface area (Å²) in [5.74, 6) is 1.41. The van der Waals surface area contributed by atoms with Gasteiger partial charge in [-0.15, -0.1) is 0 Å². The Balaban J connectivity index is 2.05. The Hall–Kier alpha value is -0.830. The second-order valence-electron chi connectivity index (χ2n) is 3.57. The average Bonchev–Trinajstić information content (AvgIpc) is 2.67. The average molecular weight is 180 g/mol. The largest absolute Gasteiger partial charge is 0.448 e. The first-order valence-electron chi connectivity index (χ1n) is 5.05. The van der Waals surface area contributed by atoms with E-state index in [1.54, 1.807) is 6.26 Å². The highest BCUT2D eigenvalue weighted by molar-refractivity contribution is 5.02. The van der Waals surface area contributed by atoms with E-state index in [0.717, 1.165) is 31.1 Å². The molecule has 1 aromatic heterocycles. The quantitative estimate of drug-likeness (QED) is 0.752. The lowest BCUT2D eigenvalue weighted by molar-refractivity contribution is 0.376. The second kappa shape index (κ2) is 3.92. The van der Waals surface area contributed by atoms with E-state index in [-0.39, 0.29) is 0 Å². The standard InChI is InChI=1S/C10H16N2O/c1-2-9-7-13-10(12-9)8-4-3-5-11-6-8/h7-8,11H,2-6H2,1H3. The molecule has 13 heavy (non-hydrogen) atoms. The number of hydrogen-bond donors (Lipinski definition) is 1. The van der Waals surface area contributed by atoms with Gasteiger partial charge in [0.1, 0.15) is 6.26 Å². The van der Waals surface area contributed by atoms with Gasteiger partial charge in [-0.1, -0.05) is 6.92 Å². The number of hydrogen-bond acceptors (Lipinski definition) is 3. The van der Waals surface area contributed by atoms with Crippen molar-refractivity contribution in [2.45, 2.75) is 32.1 Å². The van der Waals surface area contributed by atoms with Crippen molar-refractivity contribution < 1.29 is 4.42 Å². The topological polar surface area (TPSA) is 38.1 Å². The molecule has 1 aliphatic rings. The third kappa shape index (κ3) is 1.91. The van der Waals surface area contributed by atoms with Crippen LogP contribution in [0.1, 0.15) is 37.3 Å². The minimum atomic E-state index is 0.494. The summed E-state index contributed by atoms with van der Waals surface area (Å²) in [5, 5.41) is 3.36. The van der Waals surface area contributed by atoms with Gasteiger partial charge in [-0.2, -0.15) is 0 Å². The monoisotopic (exact) mass is 180 g/mol. The number of nitrogens with zero attached hydrogens (tertiary/aromatic N) is 1. The molecule has 0 aromatic carbocycles. The molecule has 1 aliphatic heterocycles. The second-order valence-corrected chi connectivity index (χ2v) is 3.57. The van der Waals surface area contributed by atoms with Crippen LogP contribution in [0.4, 0.5) is 0 Å². The zero-order valence-electron chi connectivity index (χ0n) is 8.05. The molecule has 72 valence electrons. The number of aromatic nitrogens is 1. The molecule has 0 radical (unpaired) electrons. The Kier molecular flexibility index (Phi) is 2.64. The molecular weight excluding hydrogens is 164 g/mol. The van der Waals surface area contributed by atoms with E-state index in [0.29, 0.717) is 5.92 Å². The summed E-state index contributed by atoms with van der Waals surface area (Å²) in [6, 6.07) is 0. The Morgan fingerprint density at radius 3 is 3.23 bits per heavy atom. The molecule has 1 aromatic rings. The fourth-order valence-corrected chi connectivity index (χ4v) is 1.74. The minimum Gasteiger partial charge on any atom is -0.448 e. The summed E-state index contributed by atoms with van der Waals surface area (Å²) in [7, 11) is 0. The molecule has 2 rings (SSSR count). The van der Waals surface area contributed by atoms with E-state index in [2.05, 4.69) is 17.2 Å². The van der Waals surface area contributed by atoms with Crippen molar-refractivity contribution in [3.63, 3.8) is 0 Å². The van der Waals surface area contributed by atoms with E-state index in [1.165, 1.54) is 12.8 Å². The van der Waals surface area contributed by atoms with Crippen LogP contribution in [0, 0.1) is 0 Å². The molecule has 0 aliphatic carbocycles. The number of piperidine rings is 1. The fourth-order valence-electron chi connectivity index (χ4n) is 1.74. The maximum atomic E-state index is 5.44. The Labute approximate surface area is 78.5 Å². The smallest absolute Gasteiger partial charge is 0.198 e. The van der Waals surface area contributed by atoms with Gasteiger partial charge < -0.3 is 9.73 Å². The predicted molar refractivity (Wildman–Crippen MR) is 50.7 cm³/mol. The lowest BCUT2D eigenvalue weighted by Gasteiger charge is -2.19. The molecule has 0 amide bonds. The van der Waals surface area contributed by atoms with Crippen LogP contribution < -0.4 is 5.32 Å². The van der Waals surface area contributed by atoms with E-state index in [1.807, 2.05) is 0 Å². The van der Waals surface area contributed by atoms with Crippen LogP contribution in [0.15, 0.2) is 10.7 Å². The van der Waals surface area contributed by atoms with Crippen LogP contribution in [-0.4, -0.2) is 18.1 Å². The van der Waals surface area contributed by atoms with Gasteiger partial charge in [0.15, 0.2) is 5.89 Å². The molecule has 1 unspecified atom stereocenters. The molecular formula is C10H16N2O. The molecule has 1 fully saturated rings. The van der Waals surface area contributed by atoms with Crippen molar-refractivity contribution in [2.75, 3.05) is 13.1 Å².